The first-order valence-electron chi connectivity index (χ1n) is 7.40. The molecule has 0 aromatic rings. The SMILES string of the molecule is CCCCOC[C@@H](OCCCC)[C@@H]1C[C@@H](O)[C@@H](O)O1. The van der Waals surface area contributed by atoms with Gasteiger partial charge in [-0.25, -0.2) is 0 Å². The van der Waals surface area contributed by atoms with E-state index >= 15 is 0 Å². The Morgan fingerprint density at radius 2 is 1.84 bits per heavy atom. The van der Waals surface area contributed by atoms with Crippen LogP contribution in [0, 0.1) is 0 Å². The van der Waals surface area contributed by atoms with Crippen molar-refractivity contribution in [2.45, 2.75) is 70.6 Å². The minimum atomic E-state index is -1.10. The van der Waals surface area contributed by atoms with Crippen LogP contribution in [-0.2, 0) is 14.2 Å². The number of rotatable bonds is 10. The van der Waals surface area contributed by atoms with Gasteiger partial charge in [0.15, 0.2) is 6.29 Å². The number of hydrogen-bond donors (Lipinski definition) is 2. The second-order valence-electron chi connectivity index (χ2n) is 5.06. The summed E-state index contributed by atoms with van der Waals surface area (Å²) in [5.41, 5.74) is 0. The van der Waals surface area contributed by atoms with Gasteiger partial charge in [-0.1, -0.05) is 26.7 Å². The molecule has 0 bridgehead atoms. The number of ether oxygens (including phenoxy) is 3. The van der Waals surface area contributed by atoms with Gasteiger partial charge in [0, 0.05) is 19.6 Å². The van der Waals surface area contributed by atoms with E-state index < -0.39 is 12.4 Å². The van der Waals surface area contributed by atoms with Gasteiger partial charge < -0.3 is 24.4 Å². The van der Waals surface area contributed by atoms with Gasteiger partial charge in [0.05, 0.1) is 12.7 Å². The normalized spacial score (nSPS) is 28.7. The molecule has 114 valence electrons. The fourth-order valence-corrected chi connectivity index (χ4v) is 2.01. The average molecular weight is 276 g/mol. The molecule has 1 aliphatic heterocycles. The molecular formula is C14H28O5. The van der Waals surface area contributed by atoms with Crippen LogP contribution in [0.15, 0.2) is 0 Å². The van der Waals surface area contributed by atoms with E-state index in [0.717, 1.165) is 25.7 Å². The maximum atomic E-state index is 9.53. The van der Waals surface area contributed by atoms with Crippen LogP contribution in [0.1, 0.15) is 46.0 Å². The molecule has 1 saturated heterocycles. The van der Waals surface area contributed by atoms with Crippen LogP contribution in [0.25, 0.3) is 0 Å². The lowest BCUT2D eigenvalue weighted by molar-refractivity contribution is -0.162. The molecule has 4 atom stereocenters. The predicted molar refractivity (Wildman–Crippen MR) is 71.9 cm³/mol. The maximum absolute atomic E-state index is 9.53. The minimum Gasteiger partial charge on any atom is -0.388 e. The zero-order valence-corrected chi connectivity index (χ0v) is 12.1. The fraction of sp³-hybridized carbons (Fsp3) is 1.00. The molecule has 0 amide bonds. The quantitative estimate of drug-likeness (QED) is 0.591. The smallest absolute Gasteiger partial charge is 0.181 e. The van der Waals surface area contributed by atoms with Crippen LogP contribution in [0.3, 0.4) is 0 Å². The van der Waals surface area contributed by atoms with E-state index in [1.165, 1.54) is 0 Å². The number of unbranched alkanes of at least 4 members (excludes halogenated alkanes) is 2. The summed E-state index contributed by atoms with van der Waals surface area (Å²) in [6.07, 6.45) is 2.16. The van der Waals surface area contributed by atoms with Crippen molar-refractivity contribution in [3.63, 3.8) is 0 Å². The summed E-state index contributed by atoms with van der Waals surface area (Å²) in [6, 6.07) is 0. The molecule has 0 saturated carbocycles. The Hall–Kier alpha value is -0.200. The van der Waals surface area contributed by atoms with Crippen molar-refractivity contribution in [2.75, 3.05) is 19.8 Å². The first-order chi connectivity index (χ1) is 9.19. The average Bonchev–Trinajstić information content (AvgIpc) is 2.72. The van der Waals surface area contributed by atoms with E-state index in [0.29, 0.717) is 26.2 Å². The van der Waals surface area contributed by atoms with Crippen molar-refractivity contribution in [1.82, 2.24) is 0 Å². The summed E-state index contributed by atoms with van der Waals surface area (Å²) in [7, 11) is 0. The Labute approximate surface area is 115 Å². The lowest BCUT2D eigenvalue weighted by Gasteiger charge is -2.23. The largest absolute Gasteiger partial charge is 0.388 e. The molecule has 0 aromatic heterocycles. The third-order valence-corrected chi connectivity index (χ3v) is 3.29. The van der Waals surface area contributed by atoms with Crippen molar-refractivity contribution >= 4 is 0 Å². The Bertz CT molecular complexity index is 214. The second-order valence-corrected chi connectivity index (χ2v) is 5.06. The first kappa shape index (κ1) is 16.9. The Morgan fingerprint density at radius 1 is 1.16 bits per heavy atom. The second kappa shape index (κ2) is 9.66. The predicted octanol–water partition coefficient (Wildman–Crippen LogP) is 1.46. The van der Waals surface area contributed by atoms with Gasteiger partial charge in [0.25, 0.3) is 0 Å². The van der Waals surface area contributed by atoms with Crippen LogP contribution in [0.2, 0.25) is 0 Å². The molecule has 1 aliphatic rings. The Kier molecular flexibility index (Phi) is 8.57. The van der Waals surface area contributed by atoms with Crippen LogP contribution in [0.4, 0.5) is 0 Å². The molecule has 0 radical (unpaired) electrons. The van der Waals surface area contributed by atoms with E-state index in [1.54, 1.807) is 0 Å². The summed E-state index contributed by atoms with van der Waals surface area (Å²) >= 11 is 0. The molecule has 0 unspecified atom stereocenters. The van der Waals surface area contributed by atoms with Crippen molar-refractivity contribution in [2.24, 2.45) is 0 Å². The lowest BCUT2D eigenvalue weighted by Crippen LogP contribution is -2.34. The van der Waals surface area contributed by atoms with Crippen molar-refractivity contribution in [3.8, 4) is 0 Å². The van der Waals surface area contributed by atoms with Gasteiger partial charge in [-0.2, -0.15) is 0 Å². The monoisotopic (exact) mass is 276 g/mol. The fourth-order valence-electron chi connectivity index (χ4n) is 2.01. The van der Waals surface area contributed by atoms with Gasteiger partial charge in [-0.3, -0.25) is 0 Å². The van der Waals surface area contributed by atoms with E-state index in [2.05, 4.69) is 13.8 Å². The molecule has 5 nitrogen and oxygen atoms in total. The molecule has 1 heterocycles. The molecular weight excluding hydrogens is 248 g/mol. The highest BCUT2D eigenvalue weighted by Crippen LogP contribution is 2.23. The van der Waals surface area contributed by atoms with Crippen LogP contribution in [0.5, 0.6) is 0 Å². The molecule has 1 fully saturated rings. The first-order valence-corrected chi connectivity index (χ1v) is 7.40. The Morgan fingerprint density at radius 3 is 2.42 bits per heavy atom. The topological polar surface area (TPSA) is 68.2 Å². The van der Waals surface area contributed by atoms with Gasteiger partial charge in [0.2, 0.25) is 0 Å². The third kappa shape index (κ3) is 6.19. The molecule has 2 N–H and O–H groups in total. The number of aliphatic hydroxyl groups is 2. The summed E-state index contributed by atoms with van der Waals surface area (Å²) in [5.74, 6) is 0. The zero-order chi connectivity index (χ0) is 14.1. The molecule has 0 spiro atoms. The maximum Gasteiger partial charge on any atom is 0.181 e. The lowest BCUT2D eigenvalue weighted by atomic mass is 10.1. The molecule has 1 rings (SSSR count). The summed E-state index contributed by atoms with van der Waals surface area (Å²) in [5, 5.41) is 19.0. The Balaban J connectivity index is 2.35. The van der Waals surface area contributed by atoms with Gasteiger partial charge in [-0.05, 0) is 12.8 Å². The van der Waals surface area contributed by atoms with Gasteiger partial charge >= 0.3 is 0 Å². The number of aliphatic hydroxyl groups excluding tert-OH is 2. The van der Waals surface area contributed by atoms with Crippen LogP contribution in [-0.4, -0.2) is 54.6 Å². The molecule has 19 heavy (non-hydrogen) atoms. The van der Waals surface area contributed by atoms with Gasteiger partial charge in [-0.15, -0.1) is 0 Å². The third-order valence-electron chi connectivity index (χ3n) is 3.29. The van der Waals surface area contributed by atoms with E-state index in [4.69, 9.17) is 14.2 Å². The van der Waals surface area contributed by atoms with E-state index in [-0.39, 0.29) is 12.2 Å². The molecule has 0 aromatic carbocycles. The zero-order valence-electron chi connectivity index (χ0n) is 12.1. The minimum absolute atomic E-state index is 0.213. The van der Waals surface area contributed by atoms with Crippen molar-refractivity contribution in [3.05, 3.63) is 0 Å². The summed E-state index contributed by atoms with van der Waals surface area (Å²) in [4.78, 5) is 0. The molecule has 0 aliphatic carbocycles. The summed E-state index contributed by atoms with van der Waals surface area (Å²) in [6.45, 7) is 6.04. The standard InChI is InChI=1S/C14H28O5/c1-3-5-7-17-10-13(18-8-6-4-2)12-9-11(15)14(16)19-12/h11-16H,3-10H2,1-2H3/t11-,12+,13-,14+/m1/s1. The summed E-state index contributed by atoms with van der Waals surface area (Å²) < 4.78 is 16.7. The highest BCUT2D eigenvalue weighted by molar-refractivity contribution is 4.82. The van der Waals surface area contributed by atoms with Crippen molar-refractivity contribution in [1.29, 1.82) is 0 Å². The van der Waals surface area contributed by atoms with E-state index in [9.17, 15) is 10.2 Å². The van der Waals surface area contributed by atoms with Crippen LogP contribution >= 0.6 is 0 Å². The van der Waals surface area contributed by atoms with Crippen molar-refractivity contribution < 1.29 is 24.4 Å². The highest BCUT2D eigenvalue weighted by Gasteiger charge is 2.37. The highest BCUT2D eigenvalue weighted by atomic mass is 16.6. The van der Waals surface area contributed by atoms with E-state index in [1.807, 2.05) is 0 Å². The number of hydrogen-bond acceptors (Lipinski definition) is 5. The van der Waals surface area contributed by atoms with Gasteiger partial charge in [0.1, 0.15) is 12.2 Å². The molecule has 5 heteroatoms. The van der Waals surface area contributed by atoms with Crippen LogP contribution < -0.4 is 0 Å².